The number of ketones is 1. The van der Waals surface area contributed by atoms with Crippen molar-refractivity contribution in [3.05, 3.63) is 73.6 Å². The van der Waals surface area contributed by atoms with Crippen LogP contribution < -0.4 is 5.56 Å². The summed E-state index contributed by atoms with van der Waals surface area (Å²) in [5.41, 5.74) is 0.119. The molecule has 0 saturated heterocycles. The minimum atomic E-state index is -3.67. The number of carbonyl (C=O) groups is 1. The molecule has 0 aliphatic heterocycles. The van der Waals surface area contributed by atoms with Crippen molar-refractivity contribution in [3.63, 3.8) is 0 Å². The Balaban J connectivity index is 1.47. The lowest BCUT2D eigenvalue weighted by atomic mass is 10.3. The minimum absolute atomic E-state index is 0.0595. The van der Waals surface area contributed by atoms with Crippen LogP contribution in [-0.2, 0) is 26.8 Å². The first-order valence-corrected chi connectivity index (χ1v) is 15.0. The number of nitrogens with zero attached hydrogens (tertiary/aromatic N) is 7. The van der Waals surface area contributed by atoms with Gasteiger partial charge in [0.25, 0.3) is 5.56 Å². The highest BCUT2D eigenvalue weighted by molar-refractivity contribution is 7.99. The predicted octanol–water partition coefficient (Wildman–Crippen LogP) is 2.67. The number of thioether (sulfide) groups is 1. The monoisotopic (exact) mass is 571 g/mol. The van der Waals surface area contributed by atoms with E-state index in [2.05, 4.69) is 30.1 Å². The van der Waals surface area contributed by atoms with Crippen molar-refractivity contribution in [1.82, 2.24) is 34.7 Å². The lowest BCUT2D eigenvalue weighted by Gasteiger charge is -2.13. The highest BCUT2D eigenvalue weighted by Crippen LogP contribution is 2.24. The summed E-state index contributed by atoms with van der Waals surface area (Å²) < 4.78 is 27.0. The van der Waals surface area contributed by atoms with E-state index in [9.17, 15) is 18.0 Å². The molecule has 0 unspecified atom stereocenters. The fourth-order valence-electron chi connectivity index (χ4n) is 3.37. The molecule has 0 radical (unpaired) electrons. The molecule has 188 valence electrons. The van der Waals surface area contributed by atoms with Crippen LogP contribution in [-0.4, -0.2) is 54.7 Å². The molecule has 11 nitrogen and oxygen atoms in total. The van der Waals surface area contributed by atoms with Gasteiger partial charge in [0.1, 0.15) is 21.6 Å². The molecule has 4 aromatic heterocycles. The zero-order valence-corrected chi connectivity index (χ0v) is 22.4. The summed E-state index contributed by atoms with van der Waals surface area (Å²) in [7, 11) is -3.67. The van der Waals surface area contributed by atoms with Crippen LogP contribution in [0.4, 0.5) is 0 Å². The lowest BCUT2D eigenvalue weighted by molar-refractivity contribution is -0.116. The van der Waals surface area contributed by atoms with Crippen molar-refractivity contribution in [2.24, 2.45) is 0 Å². The van der Waals surface area contributed by atoms with Crippen LogP contribution in [0.3, 0.4) is 0 Å². The highest BCUT2D eigenvalue weighted by Gasteiger charge is 2.20. The van der Waals surface area contributed by atoms with Gasteiger partial charge in [-0.05, 0) is 31.2 Å². The Labute approximate surface area is 222 Å². The molecule has 0 fully saturated rings. The molecule has 5 rings (SSSR count). The van der Waals surface area contributed by atoms with Crippen molar-refractivity contribution in [3.8, 4) is 5.69 Å². The number of benzene rings is 1. The van der Waals surface area contributed by atoms with Gasteiger partial charge >= 0.3 is 0 Å². The average Bonchev–Trinajstić information content (AvgIpc) is 3.54. The van der Waals surface area contributed by atoms with E-state index >= 15 is 0 Å². The van der Waals surface area contributed by atoms with Crippen LogP contribution in [0.25, 0.3) is 16.9 Å². The number of carbonyl (C=O) groups excluding carboxylic acids is 1. The maximum absolute atomic E-state index is 13.4. The topological polar surface area (TPSA) is 151 Å². The Morgan fingerprint density at radius 3 is 2.51 bits per heavy atom. The van der Waals surface area contributed by atoms with E-state index in [-0.39, 0.29) is 44.9 Å². The number of rotatable bonds is 9. The number of Topliss-reactive ketones (excluding diaryl/α,β-unsaturated/α-hetero) is 1. The van der Waals surface area contributed by atoms with Gasteiger partial charge in [0.15, 0.2) is 26.2 Å². The Morgan fingerprint density at radius 1 is 1.03 bits per heavy atom. The van der Waals surface area contributed by atoms with Crippen molar-refractivity contribution in [1.29, 1.82) is 0 Å². The fourth-order valence-corrected chi connectivity index (χ4v) is 7.18. The number of fused-ring (bicyclic) bond motifs is 1. The number of hydrogen-bond acceptors (Lipinski definition) is 13. The first kappa shape index (κ1) is 25.3. The normalized spacial score (nSPS) is 11.7. The van der Waals surface area contributed by atoms with Gasteiger partial charge in [0, 0.05) is 24.0 Å². The van der Waals surface area contributed by atoms with Crippen molar-refractivity contribution in [2.75, 3.05) is 5.75 Å². The van der Waals surface area contributed by atoms with Crippen molar-refractivity contribution in [2.45, 2.75) is 29.1 Å². The summed E-state index contributed by atoms with van der Waals surface area (Å²) >= 11 is 3.71. The van der Waals surface area contributed by atoms with Gasteiger partial charge in [-0.2, -0.15) is 0 Å². The molecule has 0 aliphatic rings. The first-order valence-electron chi connectivity index (χ1n) is 10.7. The van der Waals surface area contributed by atoms with Gasteiger partial charge in [-0.1, -0.05) is 11.8 Å². The molecule has 5 aromatic rings. The lowest BCUT2D eigenvalue weighted by Crippen LogP contribution is -2.23. The van der Waals surface area contributed by atoms with Crippen LogP contribution in [0, 0.1) is 6.92 Å². The minimum Gasteiger partial charge on any atom is -0.298 e. The molecule has 1 aromatic carbocycles. The Bertz CT molecular complexity index is 1750. The van der Waals surface area contributed by atoms with Gasteiger partial charge in [-0.15, -0.1) is 32.9 Å². The van der Waals surface area contributed by atoms with E-state index in [1.165, 1.54) is 63.9 Å². The maximum atomic E-state index is 13.4. The predicted molar refractivity (Wildman–Crippen MR) is 140 cm³/mol. The van der Waals surface area contributed by atoms with E-state index in [4.69, 9.17) is 0 Å². The number of aromatic nitrogens is 7. The first-order chi connectivity index (χ1) is 17.8. The van der Waals surface area contributed by atoms with Gasteiger partial charge in [-0.3, -0.25) is 14.2 Å². The molecule has 0 aliphatic carbocycles. The summed E-state index contributed by atoms with van der Waals surface area (Å²) in [5, 5.41) is 11.6. The van der Waals surface area contributed by atoms with Crippen molar-refractivity contribution < 1.29 is 13.2 Å². The largest absolute Gasteiger partial charge is 0.298 e. The van der Waals surface area contributed by atoms with Gasteiger partial charge in [-0.25, -0.2) is 28.4 Å². The molecule has 4 heterocycles. The molecular weight excluding hydrogens is 555 g/mol. The van der Waals surface area contributed by atoms with Crippen LogP contribution >= 0.6 is 34.4 Å². The summed E-state index contributed by atoms with van der Waals surface area (Å²) in [6.07, 6.45) is 4.65. The van der Waals surface area contributed by atoms with Crippen molar-refractivity contribution >= 4 is 61.2 Å². The van der Waals surface area contributed by atoms with Crippen LogP contribution in [0.15, 0.2) is 63.1 Å². The zero-order valence-electron chi connectivity index (χ0n) is 19.1. The third-order valence-electron chi connectivity index (χ3n) is 5.01. The van der Waals surface area contributed by atoms with Gasteiger partial charge in [0.05, 0.1) is 27.8 Å². The standard InChI is InChI=1S/C22H17N7O4S4/c1-13-27-28-18(36-13)12-37(32,33)16-4-2-14(3-5-16)29-21(31)19-20(25-7-6-24-19)26-22(29)35-11-15(30)10-17-23-8-9-34-17/h2-9H,10-12H2,1H3. The molecule has 0 atom stereocenters. The zero-order chi connectivity index (χ0) is 26.0. The maximum Gasteiger partial charge on any atom is 0.286 e. The van der Waals surface area contributed by atoms with E-state index in [0.717, 1.165) is 11.8 Å². The second-order valence-corrected chi connectivity index (χ2v) is 12.8. The van der Waals surface area contributed by atoms with Gasteiger partial charge in [0.2, 0.25) is 0 Å². The molecule has 0 saturated carbocycles. The second-order valence-electron chi connectivity index (χ2n) is 7.66. The SMILES string of the molecule is Cc1nnc(CS(=O)(=O)c2ccc(-n3c(SCC(=O)Cc4nccs4)nc4nccnc4c3=O)cc2)s1. The molecule has 0 N–H and O–H groups in total. The number of hydrogen-bond donors (Lipinski definition) is 0. The third kappa shape index (κ3) is 5.64. The van der Waals surface area contributed by atoms with Crippen LogP contribution in [0.5, 0.6) is 0 Å². The molecule has 0 spiro atoms. The third-order valence-corrected chi connectivity index (χ3v) is 9.45. The van der Waals surface area contributed by atoms with Gasteiger partial charge < -0.3 is 0 Å². The second kappa shape index (κ2) is 10.5. The average molecular weight is 572 g/mol. The quantitative estimate of drug-likeness (QED) is 0.190. The molecule has 15 heteroatoms. The molecule has 0 amide bonds. The van der Waals surface area contributed by atoms with E-state index < -0.39 is 15.4 Å². The van der Waals surface area contributed by atoms with E-state index in [1.54, 1.807) is 18.5 Å². The molecule has 0 bridgehead atoms. The smallest absolute Gasteiger partial charge is 0.286 e. The number of thiazole rings is 1. The number of sulfone groups is 1. The molecule has 37 heavy (non-hydrogen) atoms. The summed E-state index contributed by atoms with van der Waals surface area (Å²) in [6.45, 7) is 1.75. The summed E-state index contributed by atoms with van der Waals surface area (Å²) in [6, 6.07) is 5.89. The van der Waals surface area contributed by atoms with E-state index in [0.29, 0.717) is 20.7 Å². The fraction of sp³-hybridized carbons (Fsp3) is 0.182. The Kier molecular flexibility index (Phi) is 7.19. The van der Waals surface area contributed by atoms with Crippen LogP contribution in [0.2, 0.25) is 0 Å². The number of aryl methyl sites for hydroxylation is 1. The summed E-state index contributed by atoms with van der Waals surface area (Å²) in [4.78, 5) is 42.8. The molecular formula is C22H17N7O4S4. The van der Waals surface area contributed by atoms with E-state index in [1.807, 2.05) is 0 Å². The Hall–Kier alpha value is -3.40. The highest BCUT2D eigenvalue weighted by atomic mass is 32.2. The summed E-state index contributed by atoms with van der Waals surface area (Å²) in [5.74, 6) is -0.285. The Morgan fingerprint density at radius 2 is 1.81 bits per heavy atom. The van der Waals surface area contributed by atoms with Crippen LogP contribution in [0.1, 0.15) is 15.0 Å².